The van der Waals surface area contributed by atoms with Crippen LogP contribution in [-0.4, -0.2) is 54.1 Å². The third-order valence-corrected chi connectivity index (χ3v) is 6.63. The molecule has 0 bridgehead atoms. The molecule has 150 valence electrons. The van der Waals surface area contributed by atoms with Gasteiger partial charge in [0, 0.05) is 41.9 Å². The second kappa shape index (κ2) is 8.54. The molecule has 3 heterocycles. The molecule has 0 saturated carbocycles. The zero-order chi connectivity index (χ0) is 19.5. The zero-order valence-corrected chi connectivity index (χ0v) is 16.6. The minimum Gasteiger partial charge on any atom is -0.457 e. The molecule has 10 heteroatoms. The molecule has 2 aromatic rings. The van der Waals surface area contributed by atoms with Gasteiger partial charge in [-0.3, -0.25) is 13.8 Å². The van der Waals surface area contributed by atoms with E-state index in [9.17, 15) is 13.4 Å². The quantitative estimate of drug-likeness (QED) is 0.713. The van der Waals surface area contributed by atoms with Crippen molar-refractivity contribution in [2.45, 2.75) is 11.2 Å². The van der Waals surface area contributed by atoms with E-state index in [1.165, 1.54) is 22.9 Å². The van der Waals surface area contributed by atoms with Crippen LogP contribution in [0.25, 0.3) is 0 Å². The maximum atomic E-state index is 14.6. The number of carbonyl (C=O) groups is 1. The van der Waals surface area contributed by atoms with Crippen molar-refractivity contribution in [3.63, 3.8) is 0 Å². The van der Waals surface area contributed by atoms with Crippen LogP contribution in [0.15, 0.2) is 46.1 Å². The van der Waals surface area contributed by atoms with Crippen molar-refractivity contribution in [1.82, 2.24) is 4.72 Å². The first-order valence-corrected chi connectivity index (χ1v) is 11.2. The summed E-state index contributed by atoms with van der Waals surface area (Å²) in [7, 11) is -0.816. The van der Waals surface area contributed by atoms with Crippen molar-refractivity contribution >= 4 is 40.2 Å². The van der Waals surface area contributed by atoms with Gasteiger partial charge in [-0.15, -0.1) is 0 Å². The number of carbonyl (C=O) groups excluding carboxylic acids is 1. The average molecular weight is 426 g/mol. The number of nitrogens with zero attached hydrogens (tertiary/aromatic N) is 2. The summed E-state index contributed by atoms with van der Waals surface area (Å²) >= 11 is 1.32. The number of hydrogen-bond acceptors (Lipinski definition) is 7. The Morgan fingerprint density at radius 1 is 1.29 bits per heavy atom. The van der Waals surface area contributed by atoms with Gasteiger partial charge >= 0.3 is 6.09 Å². The molecule has 4 rings (SSSR count). The fourth-order valence-electron chi connectivity index (χ4n) is 3.16. The summed E-state index contributed by atoms with van der Waals surface area (Å²) in [6.45, 7) is 1.91. The van der Waals surface area contributed by atoms with E-state index in [0.29, 0.717) is 49.1 Å². The maximum absolute atomic E-state index is 14.6. The smallest absolute Gasteiger partial charge is 0.414 e. The van der Waals surface area contributed by atoms with Gasteiger partial charge in [-0.25, -0.2) is 9.18 Å². The number of hydrogen-bond donors (Lipinski definition) is 1. The fourth-order valence-corrected chi connectivity index (χ4v) is 4.88. The molecule has 2 saturated heterocycles. The molecule has 0 aliphatic carbocycles. The van der Waals surface area contributed by atoms with Crippen LogP contribution in [0.5, 0.6) is 0 Å². The average Bonchev–Trinajstić information content (AvgIpc) is 3.32. The Bertz CT molecular complexity index is 855. The third-order valence-electron chi connectivity index (χ3n) is 4.61. The number of halogens is 1. The molecule has 1 atom stereocenters. The Morgan fingerprint density at radius 2 is 2.11 bits per heavy atom. The largest absolute Gasteiger partial charge is 0.457 e. The highest BCUT2D eigenvalue weighted by Gasteiger charge is 2.33. The molecule has 28 heavy (non-hydrogen) atoms. The monoisotopic (exact) mass is 425 g/mol. The maximum Gasteiger partial charge on any atom is 0.414 e. The number of nitrogens with one attached hydrogen (secondary N) is 1. The van der Waals surface area contributed by atoms with Gasteiger partial charge in [0.25, 0.3) is 0 Å². The third kappa shape index (κ3) is 4.34. The topological polar surface area (TPSA) is 75.0 Å². The minimum atomic E-state index is -0.816. The summed E-state index contributed by atoms with van der Waals surface area (Å²) in [4.78, 5) is 15.5. The zero-order valence-electron chi connectivity index (χ0n) is 15.0. The van der Waals surface area contributed by atoms with Crippen molar-refractivity contribution in [3.8, 4) is 0 Å². The van der Waals surface area contributed by atoms with Crippen LogP contribution < -0.4 is 14.5 Å². The van der Waals surface area contributed by atoms with Crippen LogP contribution >= 0.6 is 11.9 Å². The van der Waals surface area contributed by atoms with Gasteiger partial charge in [0.05, 0.1) is 24.2 Å². The summed E-state index contributed by atoms with van der Waals surface area (Å²) in [5, 5.41) is 0.723. The lowest BCUT2D eigenvalue weighted by Gasteiger charge is -2.29. The first-order chi connectivity index (χ1) is 13.6. The number of benzene rings is 1. The van der Waals surface area contributed by atoms with Crippen LogP contribution in [0.1, 0.15) is 0 Å². The standard InChI is InChI=1S/C18H20FN3O4S2/c19-15-10-13(3-4-16(15)21-5-8-28(24)9-6-21)22-12-14(26-18(22)23)11-20-27-17-2-1-7-25-17/h1-4,7,10,14,20H,5-6,8-9,11-12H2/t14-/m1/s1. The van der Waals surface area contributed by atoms with E-state index >= 15 is 0 Å². The van der Waals surface area contributed by atoms with Gasteiger partial charge in [-0.05, 0) is 42.3 Å². The van der Waals surface area contributed by atoms with Crippen LogP contribution in [0.2, 0.25) is 0 Å². The number of amides is 1. The van der Waals surface area contributed by atoms with E-state index in [-0.39, 0.29) is 6.10 Å². The van der Waals surface area contributed by atoms with Crippen molar-refractivity contribution in [2.24, 2.45) is 0 Å². The van der Waals surface area contributed by atoms with Gasteiger partial charge in [0.1, 0.15) is 11.9 Å². The van der Waals surface area contributed by atoms with Gasteiger partial charge < -0.3 is 14.1 Å². The molecule has 2 fully saturated rings. The number of anilines is 2. The van der Waals surface area contributed by atoms with Crippen molar-refractivity contribution in [1.29, 1.82) is 0 Å². The summed E-state index contributed by atoms with van der Waals surface area (Å²) in [5.74, 6) is 0.697. The molecule has 0 radical (unpaired) electrons. The number of furan rings is 1. The van der Waals surface area contributed by atoms with Gasteiger partial charge in [-0.2, -0.15) is 0 Å². The van der Waals surface area contributed by atoms with E-state index in [2.05, 4.69) is 4.72 Å². The van der Waals surface area contributed by atoms with Crippen LogP contribution in [0, 0.1) is 5.82 Å². The number of cyclic esters (lactones) is 1. The number of ether oxygens (including phenoxy) is 1. The van der Waals surface area contributed by atoms with Crippen molar-refractivity contribution < 1.29 is 22.5 Å². The minimum absolute atomic E-state index is 0.338. The summed E-state index contributed by atoms with van der Waals surface area (Å²) in [6.07, 6.45) is 0.758. The molecule has 0 spiro atoms. The Kier molecular flexibility index (Phi) is 5.88. The molecule has 1 N–H and O–H groups in total. The summed E-state index contributed by atoms with van der Waals surface area (Å²) in [6, 6.07) is 8.37. The molecule has 2 aliphatic rings. The number of rotatable bonds is 6. The second-order valence-electron chi connectivity index (χ2n) is 6.47. The highest BCUT2D eigenvalue weighted by Crippen LogP contribution is 2.28. The lowest BCUT2D eigenvalue weighted by molar-refractivity contribution is 0.143. The van der Waals surface area contributed by atoms with Gasteiger partial charge in [-0.1, -0.05) is 0 Å². The Hall–Kier alpha value is -2.04. The van der Waals surface area contributed by atoms with Crippen LogP contribution in [0.4, 0.5) is 20.6 Å². The van der Waals surface area contributed by atoms with E-state index in [4.69, 9.17) is 9.15 Å². The van der Waals surface area contributed by atoms with Crippen molar-refractivity contribution in [2.75, 3.05) is 47.5 Å². The first kappa shape index (κ1) is 19.3. The molecule has 7 nitrogen and oxygen atoms in total. The SMILES string of the molecule is O=C1O[C@H](CNSc2ccco2)CN1c1ccc(N2CCS(=O)CC2)c(F)c1. The Morgan fingerprint density at radius 3 is 2.82 bits per heavy atom. The normalized spacial score (nSPS) is 20.6. The predicted octanol–water partition coefficient (Wildman–Crippen LogP) is 2.61. The lowest BCUT2D eigenvalue weighted by atomic mass is 10.2. The van der Waals surface area contributed by atoms with Crippen LogP contribution in [0.3, 0.4) is 0 Å². The van der Waals surface area contributed by atoms with Crippen LogP contribution in [-0.2, 0) is 15.5 Å². The highest BCUT2D eigenvalue weighted by molar-refractivity contribution is 7.97. The van der Waals surface area contributed by atoms with E-state index in [1.807, 2.05) is 11.0 Å². The molecular weight excluding hydrogens is 405 g/mol. The predicted molar refractivity (Wildman–Crippen MR) is 107 cm³/mol. The van der Waals surface area contributed by atoms with Gasteiger partial charge in [0.2, 0.25) is 0 Å². The Labute approximate surface area is 168 Å². The van der Waals surface area contributed by atoms with Gasteiger partial charge in [0.15, 0.2) is 5.09 Å². The van der Waals surface area contributed by atoms with Crippen molar-refractivity contribution in [3.05, 3.63) is 42.4 Å². The molecular formula is C18H20FN3O4S2. The Balaban J connectivity index is 1.36. The van der Waals surface area contributed by atoms with E-state index in [1.54, 1.807) is 24.5 Å². The summed E-state index contributed by atoms with van der Waals surface area (Å²) in [5.41, 5.74) is 0.939. The van der Waals surface area contributed by atoms with E-state index in [0.717, 1.165) is 5.09 Å². The molecule has 1 aromatic heterocycles. The summed E-state index contributed by atoms with van der Waals surface area (Å²) < 4.78 is 39.8. The fraction of sp³-hybridized carbons (Fsp3) is 0.389. The molecule has 0 unspecified atom stereocenters. The molecule has 1 aromatic carbocycles. The molecule has 2 aliphatic heterocycles. The molecule has 1 amide bonds. The second-order valence-corrected chi connectivity index (χ2v) is 9.06. The highest BCUT2D eigenvalue weighted by atomic mass is 32.2. The lowest BCUT2D eigenvalue weighted by Crippen LogP contribution is -2.38. The first-order valence-electron chi connectivity index (χ1n) is 8.91. The van der Waals surface area contributed by atoms with E-state index < -0.39 is 22.7 Å².